The molecule has 1 aromatic carbocycles. The van der Waals surface area contributed by atoms with Crippen molar-refractivity contribution in [1.82, 2.24) is 30.2 Å². The topological polar surface area (TPSA) is 81.9 Å². The molecule has 10 heteroatoms. The summed E-state index contributed by atoms with van der Waals surface area (Å²) in [6, 6.07) is 7.78. The van der Waals surface area contributed by atoms with Crippen molar-refractivity contribution in [1.29, 1.82) is 0 Å². The summed E-state index contributed by atoms with van der Waals surface area (Å²) in [4.78, 5) is 15.7. The van der Waals surface area contributed by atoms with Gasteiger partial charge in [-0.15, -0.1) is 10.2 Å². The molecule has 1 N–H and O–H groups in total. The van der Waals surface area contributed by atoms with Gasteiger partial charge < -0.3 is 9.80 Å². The molecule has 1 amide bonds. The fraction of sp³-hybridized carbons (Fsp3) is 0.444. The molecule has 1 saturated heterocycles. The van der Waals surface area contributed by atoms with E-state index in [1.165, 1.54) is 0 Å². The van der Waals surface area contributed by atoms with E-state index in [9.17, 15) is 4.79 Å². The van der Waals surface area contributed by atoms with Crippen molar-refractivity contribution in [2.75, 3.05) is 31.6 Å². The van der Waals surface area contributed by atoms with Gasteiger partial charge in [-0.3, -0.25) is 9.36 Å². The molecule has 0 saturated carbocycles. The van der Waals surface area contributed by atoms with Crippen LogP contribution in [0.1, 0.15) is 19.2 Å². The van der Waals surface area contributed by atoms with Crippen molar-refractivity contribution in [2.45, 2.75) is 25.9 Å². The first-order chi connectivity index (χ1) is 13.5. The second-order valence-electron chi connectivity index (χ2n) is 6.96. The van der Waals surface area contributed by atoms with Gasteiger partial charge in [0.2, 0.25) is 11.9 Å². The number of halogens is 1. The lowest BCUT2D eigenvalue weighted by Crippen LogP contribution is -2.38. The van der Waals surface area contributed by atoms with Gasteiger partial charge in [-0.05, 0) is 30.7 Å². The Morgan fingerprint density at radius 1 is 1.32 bits per heavy atom. The normalized spacial score (nSPS) is 18.9. The molecular weight excluding hydrogens is 380 g/mol. The Hall–Kier alpha value is -2.65. The molecule has 9 nitrogen and oxygen atoms in total. The number of hydrazone groups is 1. The molecule has 3 heterocycles. The molecule has 4 rings (SSSR count). The van der Waals surface area contributed by atoms with E-state index in [1.807, 2.05) is 42.1 Å². The molecule has 148 valence electrons. The Labute approximate surface area is 168 Å². The number of hydrogen-bond donors (Lipinski definition) is 1. The molecule has 0 radical (unpaired) electrons. The summed E-state index contributed by atoms with van der Waals surface area (Å²) < 4.78 is 2.03. The van der Waals surface area contributed by atoms with Crippen molar-refractivity contribution in [3.8, 4) is 5.69 Å². The minimum Gasteiger partial charge on any atom is -0.341 e. The van der Waals surface area contributed by atoms with Crippen LogP contribution in [0, 0.1) is 0 Å². The van der Waals surface area contributed by atoms with Crippen molar-refractivity contribution in [3.05, 3.63) is 35.1 Å². The summed E-state index contributed by atoms with van der Waals surface area (Å²) in [6.07, 6.45) is 2.71. The Morgan fingerprint density at radius 2 is 2.11 bits per heavy atom. The third-order valence-corrected chi connectivity index (χ3v) is 5.42. The maximum atomic E-state index is 11.7. The van der Waals surface area contributed by atoms with E-state index in [4.69, 9.17) is 11.6 Å². The first kappa shape index (κ1) is 18.7. The number of carbonyl (C=O) groups is 1. The number of amides is 1. The number of rotatable bonds is 5. The van der Waals surface area contributed by atoms with E-state index >= 15 is 0 Å². The molecule has 1 fully saturated rings. The zero-order valence-electron chi connectivity index (χ0n) is 15.9. The summed E-state index contributed by atoms with van der Waals surface area (Å²) in [5, 5.41) is 15.6. The summed E-state index contributed by atoms with van der Waals surface area (Å²) in [7, 11) is 1.85. The summed E-state index contributed by atoms with van der Waals surface area (Å²) in [6.45, 7) is 4.32. The summed E-state index contributed by atoms with van der Waals surface area (Å²) in [5.74, 6) is 1.61. The van der Waals surface area contributed by atoms with Gasteiger partial charge in [-0.1, -0.05) is 11.6 Å². The van der Waals surface area contributed by atoms with Crippen LogP contribution in [0.4, 0.5) is 5.95 Å². The highest BCUT2D eigenvalue weighted by Crippen LogP contribution is 2.26. The third-order valence-electron chi connectivity index (χ3n) is 5.17. The standard InChI is InChI=1S/C18H23ClN8O/c1-13(28)24(2)16-7-10-25(11-16)18-23-22-17(12-26-20-8-9-21-26)27(18)15-5-3-14(19)4-6-15/h3-6,8,16,21H,7,9-12H2,1-2H3. The highest BCUT2D eigenvalue weighted by atomic mass is 35.5. The van der Waals surface area contributed by atoms with Crippen LogP contribution in [-0.2, 0) is 11.3 Å². The van der Waals surface area contributed by atoms with Gasteiger partial charge in [0.1, 0.15) is 6.54 Å². The first-order valence-electron chi connectivity index (χ1n) is 9.25. The van der Waals surface area contributed by atoms with Crippen molar-refractivity contribution in [2.24, 2.45) is 5.10 Å². The lowest BCUT2D eigenvalue weighted by Gasteiger charge is -2.24. The molecule has 0 spiro atoms. The molecule has 1 atom stereocenters. The van der Waals surface area contributed by atoms with Crippen molar-refractivity contribution < 1.29 is 4.79 Å². The van der Waals surface area contributed by atoms with Crippen LogP contribution in [0.25, 0.3) is 5.69 Å². The monoisotopic (exact) mass is 402 g/mol. The molecule has 0 aliphatic carbocycles. The highest BCUT2D eigenvalue weighted by molar-refractivity contribution is 6.30. The minimum absolute atomic E-state index is 0.0738. The SMILES string of the molecule is CC(=O)N(C)C1CCN(c2nnc(CN3N=CCN3)n2-c2ccc(Cl)cc2)C1. The zero-order chi connectivity index (χ0) is 19.7. The predicted molar refractivity (Wildman–Crippen MR) is 107 cm³/mol. The van der Waals surface area contributed by atoms with Gasteiger partial charge in [0.25, 0.3) is 0 Å². The Bertz CT molecular complexity index is 880. The lowest BCUT2D eigenvalue weighted by atomic mass is 10.2. The number of nitrogens with zero attached hydrogens (tertiary/aromatic N) is 7. The number of benzene rings is 1. The number of anilines is 1. The number of carbonyl (C=O) groups excluding carboxylic acids is 1. The van der Waals surface area contributed by atoms with Gasteiger partial charge in [-0.2, -0.15) is 5.10 Å². The smallest absolute Gasteiger partial charge is 0.232 e. The zero-order valence-corrected chi connectivity index (χ0v) is 16.7. The quantitative estimate of drug-likeness (QED) is 0.811. The molecule has 2 aromatic rings. The second kappa shape index (κ2) is 7.76. The number of nitrogens with one attached hydrogen (secondary N) is 1. The van der Waals surface area contributed by atoms with E-state index in [1.54, 1.807) is 16.9 Å². The van der Waals surface area contributed by atoms with E-state index in [2.05, 4.69) is 25.6 Å². The predicted octanol–water partition coefficient (Wildman–Crippen LogP) is 1.28. The average Bonchev–Trinajstić information content (AvgIpc) is 3.42. The maximum absolute atomic E-state index is 11.7. The fourth-order valence-corrected chi connectivity index (χ4v) is 3.65. The van der Waals surface area contributed by atoms with Crippen molar-refractivity contribution in [3.63, 3.8) is 0 Å². The Morgan fingerprint density at radius 3 is 2.79 bits per heavy atom. The molecular formula is C18H23ClN8O. The number of likely N-dealkylation sites (N-methyl/N-ethyl adjacent to an activating group) is 1. The van der Waals surface area contributed by atoms with Gasteiger partial charge in [0.05, 0.1) is 18.3 Å². The summed E-state index contributed by atoms with van der Waals surface area (Å²) in [5.41, 5.74) is 4.09. The first-order valence-corrected chi connectivity index (χ1v) is 9.63. The lowest BCUT2D eigenvalue weighted by molar-refractivity contribution is -0.129. The van der Waals surface area contributed by atoms with E-state index in [0.29, 0.717) is 18.1 Å². The average molecular weight is 403 g/mol. The van der Waals surface area contributed by atoms with Crippen LogP contribution in [0.15, 0.2) is 29.4 Å². The summed E-state index contributed by atoms with van der Waals surface area (Å²) >= 11 is 6.08. The largest absolute Gasteiger partial charge is 0.341 e. The van der Waals surface area contributed by atoms with E-state index < -0.39 is 0 Å². The minimum atomic E-state index is 0.0738. The van der Waals surface area contributed by atoms with Gasteiger partial charge in [0, 0.05) is 38.3 Å². The van der Waals surface area contributed by atoms with Crippen LogP contribution in [0.2, 0.25) is 5.02 Å². The van der Waals surface area contributed by atoms with Gasteiger partial charge in [-0.25, -0.2) is 10.5 Å². The fourth-order valence-electron chi connectivity index (χ4n) is 3.52. The number of aromatic nitrogens is 3. The van der Waals surface area contributed by atoms with Gasteiger partial charge in [0.15, 0.2) is 5.82 Å². The van der Waals surface area contributed by atoms with Crippen LogP contribution >= 0.6 is 11.6 Å². The second-order valence-corrected chi connectivity index (χ2v) is 7.40. The van der Waals surface area contributed by atoms with Crippen LogP contribution in [-0.4, -0.2) is 69.6 Å². The number of hydrazine groups is 1. The molecule has 2 aliphatic heterocycles. The molecule has 1 aromatic heterocycles. The van der Waals surface area contributed by atoms with Crippen LogP contribution in [0.5, 0.6) is 0 Å². The molecule has 2 aliphatic rings. The Balaban J connectivity index is 1.65. The highest BCUT2D eigenvalue weighted by Gasteiger charge is 2.31. The molecule has 1 unspecified atom stereocenters. The molecule has 28 heavy (non-hydrogen) atoms. The van der Waals surface area contributed by atoms with Crippen LogP contribution < -0.4 is 10.3 Å². The van der Waals surface area contributed by atoms with Crippen LogP contribution in [0.3, 0.4) is 0 Å². The third kappa shape index (κ3) is 3.67. The molecule has 0 bridgehead atoms. The van der Waals surface area contributed by atoms with E-state index in [-0.39, 0.29) is 11.9 Å². The Kier molecular flexibility index (Phi) is 5.19. The van der Waals surface area contributed by atoms with E-state index in [0.717, 1.165) is 37.0 Å². The van der Waals surface area contributed by atoms with Crippen molar-refractivity contribution >= 4 is 29.7 Å². The number of hydrogen-bond acceptors (Lipinski definition) is 7. The van der Waals surface area contributed by atoms with Gasteiger partial charge >= 0.3 is 0 Å². The maximum Gasteiger partial charge on any atom is 0.232 e.